The standard InChI is InChI=1S/C21H22ClN3O/c1-15(22)21(26)24-12-4-7-20-18(14-24)17-5-2-3-6-19(17)25(20)13-16-8-10-23-11-9-16/h2-3,5-6,8-11,15H,4,7,12-14H2,1H3. The molecule has 0 spiro atoms. The first-order valence-electron chi connectivity index (χ1n) is 9.06. The Bertz CT molecular complexity index is 933. The number of para-hydroxylation sites is 1. The Balaban J connectivity index is 1.80. The number of rotatable bonds is 3. The van der Waals surface area contributed by atoms with Crippen LogP contribution in [0.2, 0.25) is 0 Å². The van der Waals surface area contributed by atoms with Crippen LogP contribution in [0.25, 0.3) is 10.9 Å². The van der Waals surface area contributed by atoms with E-state index in [-0.39, 0.29) is 5.91 Å². The fraction of sp³-hybridized carbons (Fsp3) is 0.333. The van der Waals surface area contributed by atoms with Crippen LogP contribution in [0.4, 0.5) is 0 Å². The quantitative estimate of drug-likeness (QED) is 0.656. The number of nitrogens with zero attached hydrogens (tertiary/aromatic N) is 3. The van der Waals surface area contributed by atoms with Crippen molar-refractivity contribution in [3.8, 4) is 0 Å². The summed E-state index contributed by atoms with van der Waals surface area (Å²) in [5.41, 5.74) is 5.05. The summed E-state index contributed by atoms with van der Waals surface area (Å²) in [5.74, 6) is 0.0190. The molecule has 0 N–H and O–H groups in total. The van der Waals surface area contributed by atoms with Crippen LogP contribution in [0.3, 0.4) is 0 Å². The zero-order valence-electron chi connectivity index (χ0n) is 14.9. The molecule has 0 aliphatic carbocycles. The number of benzene rings is 1. The van der Waals surface area contributed by atoms with Crippen LogP contribution in [0.15, 0.2) is 48.8 Å². The Kier molecular flexibility index (Phi) is 4.68. The lowest BCUT2D eigenvalue weighted by molar-refractivity contribution is -0.131. The summed E-state index contributed by atoms with van der Waals surface area (Å²) < 4.78 is 2.40. The number of hydrogen-bond donors (Lipinski definition) is 0. The molecule has 1 amide bonds. The van der Waals surface area contributed by atoms with Gasteiger partial charge >= 0.3 is 0 Å². The second-order valence-electron chi connectivity index (χ2n) is 6.86. The molecule has 134 valence electrons. The largest absolute Gasteiger partial charge is 0.340 e. The van der Waals surface area contributed by atoms with Crippen LogP contribution in [0.1, 0.15) is 30.2 Å². The van der Waals surface area contributed by atoms with E-state index in [1.165, 1.54) is 27.7 Å². The van der Waals surface area contributed by atoms with Crippen molar-refractivity contribution >= 4 is 28.4 Å². The molecule has 26 heavy (non-hydrogen) atoms. The topological polar surface area (TPSA) is 38.1 Å². The molecule has 1 aliphatic heterocycles. The lowest BCUT2D eigenvalue weighted by atomic mass is 10.1. The highest BCUT2D eigenvalue weighted by atomic mass is 35.5. The number of aromatic nitrogens is 2. The van der Waals surface area contributed by atoms with Crippen LogP contribution in [-0.2, 0) is 24.3 Å². The number of hydrogen-bond acceptors (Lipinski definition) is 2. The number of pyridine rings is 1. The first-order chi connectivity index (χ1) is 12.6. The average Bonchev–Trinajstić information content (AvgIpc) is 2.82. The first-order valence-corrected chi connectivity index (χ1v) is 9.49. The van der Waals surface area contributed by atoms with E-state index >= 15 is 0 Å². The van der Waals surface area contributed by atoms with Gasteiger partial charge < -0.3 is 9.47 Å². The molecule has 0 radical (unpaired) electrons. The van der Waals surface area contributed by atoms with Crippen molar-refractivity contribution < 1.29 is 4.79 Å². The van der Waals surface area contributed by atoms with Gasteiger partial charge in [0.05, 0.1) is 0 Å². The molecular weight excluding hydrogens is 346 g/mol. The first kappa shape index (κ1) is 17.1. The Hall–Kier alpha value is -2.33. The van der Waals surface area contributed by atoms with Crippen molar-refractivity contribution in [2.45, 2.75) is 38.2 Å². The van der Waals surface area contributed by atoms with Gasteiger partial charge in [-0.3, -0.25) is 9.78 Å². The maximum atomic E-state index is 12.5. The Morgan fingerprint density at radius 1 is 1.23 bits per heavy atom. The number of fused-ring (bicyclic) bond motifs is 3. The van der Waals surface area contributed by atoms with E-state index < -0.39 is 5.38 Å². The van der Waals surface area contributed by atoms with Gasteiger partial charge in [-0.1, -0.05) is 18.2 Å². The normalized spacial score (nSPS) is 15.5. The van der Waals surface area contributed by atoms with Gasteiger partial charge in [0.1, 0.15) is 5.38 Å². The molecule has 4 nitrogen and oxygen atoms in total. The van der Waals surface area contributed by atoms with Gasteiger partial charge in [-0.15, -0.1) is 11.6 Å². The molecule has 1 unspecified atom stereocenters. The van der Waals surface area contributed by atoms with Crippen LogP contribution in [0, 0.1) is 0 Å². The molecular formula is C21H22ClN3O. The number of amides is 1. The van der Waals surface area contributed by atoms with Crippen molar-refractivity contribution in [3.05, 3.63) is 65.6 Å². The molecule has 2 aromatic heterocycles. The fourth-order valence-corrected chi connectivity index (χ4v) is 4.03. The van der Waals surface area contributed by atoms with Crippen LogP contribution < -0.4 is 0 Å². The maximum absolute atomic E-state index is 12.5. The third-order valence-corrected chi connectivity index (χ3v) is 5.31. The monoisotopic (exact) mass is 367 g/mol. The van der Waals surface area contributed by atoms with E-state index in [1.54, 1.807) is 6.92 Å². The summed E-state index contributed by atoms with van der Waals surface area (Å²) in [7, 11) is 0. The fourth-order valence-electron chi connectivity index (χ4n) is 3.89. The third-order valence-electron chi connectivity index (χ3n) is 5.13. The Morgan fingerprint density at radius 2 is 2.00 bits per heavy atom. The van der Waals surface area contributed by atoms with E-state index in [0.717, 1.165) is 25.9 Å². The Labute approximate surface area is 158 Å². The van der Waals surface area contributed by atoms with Gasteiger partial charge in [0, 0.05) is 54.2 Å². The highest BCUT2D eigenvalue weighted by Gasteiger charge is 2.26. The second kappa shape index (κ2) is 7.12. The highest BCUT2D eigenvalue weighted by molar-refractivity contribution is 6.30. The molecule has 4 rings (SSSR count). The number of halogens is 1. The zero-order chi connectivity index (χ0) is 18.1. The van der Waals surface area contributed by atoms with Gasteiger partial charge in [-0.25, -0.2) is 0 Å². The van der Waals surface area contributed by atoms with Gasteiger partial charge in [0.25, 0.3) is 0 Å². The van der Waals surface area contributed by atoms with E-state index in [9.17, 15) is 4.79 Å². The molecule has 1 atom stereocenters. The minimum atomic E-state index is -0.485. The lowest BCUT2D eigenvalue weighted by Crippen LogP contribution is -2.35. The Morgan fingerprint density at radius 3 is 2.77 bits per heavy atom. The second-order valence-corrected chi connectivity index (χ2v) is 7.52. The lowest BCUT2D eigenvalue weighted by Gasteiger charge is -2.21. The predicted octanol–water partition coefficient (Wildman–Crippen LogP) is 3.99. The van der Waals surface area contributed by atoms with Crippen molar-refractivity contribution in [2.75, 3.05) is 6.54 Å². The smallest absolute Gasteiger partial charge is 0.240 e. The molecule has 0 bridgehead atoms. The third kappa shape index (κ3) is 3.10. The number of carbonyl (C=O) groups excluding carboxylic acids is 1. The molecule has 0 fully saturated rings. The van der Waals surface area contributed by atoms with Gasteiger partial charge in [-0.05, 0) is 43.5 Å². The summed E-state index contributed by atoms with van der Waals surface area (Å²) in [5, 5.41) is 0.750. The number of carbonyl (C=O) groups is 1. The van der Waals surface area contributed by atoms with E-state index in [4.69, 9.17) is 11.6 Å². The highest BCUT2D eigenvalue weighted by Crippen LogP contribution is 2.31. The van der Waals surface area contributed by atoms with Crippen LogP contribution >= 0.6 is 11.6 Å². The van der Waals surface area contributed by atoms with Crippen LogP contribution in [-0.4, -0.2) is 32.3 Å². The summed E-state index contributed by atoms with van der Waals surface area (Å²) >= 11 is 6.07. The summed E-state index contributed by atoms with van der Waals surface area (Å²) in [6.45, 7) is 3.96. The summed E-state index contributed by atoms with van der Waals surface area (Å²) in [4.78, 5) is 18.5. The van der Waals surface area contributed by atoms with E-state index in [2.05, 4.69) is 45.9 Å². The minimum Gasteiger partial charge on any atom is -0.340 e. The molecule has 3 aromatic rings. The van der Waals surface area contributed by atoms with Gasteiger partial charge in [0.15, 0.2) is 0 Å². The van der Waals surface area contributed by atoms with E-state index in [0.29, 0.717) is 6.54 Å². The van der Waals surface area contributed by atoms with Crippen molar-refractivity contribution in [2.24, 2.45) is 0 Å². The minimum absolute atomic E-state index is 0.0190. The number of alkyl halides is 1. The van der Waals surface area contributed by atoms with Crippen molar-refractivity contribution in [1.82, 2.24) is 14.5 Å². The van der Waals surface area contributed by atoms with Crippen molar-refractivity contribution in [3.63, 3.8) is 0 Å². The molecule has 1 aromatic carbocycles. The average molecular weight is 368 g/mol. The molecule has 0 saturated heterocycles. The molecule has 5 heteroatoms. The van der Waals surface area contributed by atoms with Crippen molar-refractivity contribution in [1.29, 1.82) is 0 Å². The van der Waals surface area contributed by atoms with Gasteiger partial charge in [0.2, 0.25) is 5.91 Å². The van der Waals surface area contributed by atoms with E-state index in [1.807, 2.05) is 17.3 Å². The van der Waals surface area contributed by atoms with Crippen LogP contribution in [0.5, 0.6) is 0 Å². The zero-order valence-corrected chi connectivity index (χ0v) is 15.6. The molecule has 0 saturated carbocycles. The van der Waals surface area contributed by atoms with Gasteiger partial charge in [-0.2, -0.15) is 0 Å². The maximum Gasteiger partial charge on any atom is 0.240 e. The predicted molar refractivity (Wildman–Crippen MR) is 104 cm³/mol. The molecule has 1 aliphatic rings. The molecule has 3 heterocycles. The summed E-state index contributed by atoms with van der Waals surface area (Å²) in [6.07, 6.45) is 5.59. The SMILES string of the molecule is CC(Cl)C(=O)N1CCCc2c(c3ccccc3n2Cc2ccncc2)C1. The summed E-state index contributed by atoms with van der Waals surface area (Å²) in [6, 6.07) is 12.6.